The van der Waals surface area contributed by atoms with E-state index in [1.807, 2.05) is 30.6 Å². The second-order valence-electron chi connectivity index (χ2n) is 6.35. The number of benzene rings is 1. The van der Waals surface area contributed by atoms with Gasteiger partial charge in [-0.15, -0.1) is 23.7 Å². The fraction of sp³-hybridized carbons (Fsp3) is 0.150. The van der Waals surface area contributed by atoms with Gasteiger partial charge in [0.15, 0.2) is 11.5 Å². The Morgan fingerprint density at radius 1 is 1.17 bits per heavy atom. The molecule has 3 aromatic heterocycles. The van der Waals surface area contributed by atoms with Crippen molar-refractivity contribution in [2.45, 2.75) is 13.5 Å². The highest BCUT2D eigenvalue weighted by Crippen LogP contribution is 2.34. The van der Waals surface area contributed by atoms with Gasteiger partial charge in [0.2, 0.25) is 12.7 Å². The largest absolute Gasteiger partial charge is 0.454 e. The number of hydrogen-bond acceptors (Lipinski definition) is 7. The van der Waals surface area contributed by atoms with Crippen LogP contribution in [0.2, 0.25) is 0 Å². The Bertz CT molecular complexity index is 1130. The van der Waals surface area contributed by atoms with Gasteiger partial charge in [0, 0.05) is 34.9 Å². The summed E-state index contributed by atoms with van der Waals surface area (Å²) in [7, 11) is 0. The quantitative estimate of drug-likeness (QED) is 0.506. The highest BCUT2D eigenvalue weighted by molar-refractivity contribution is 7.15. The van der Waals surface area contributed by atoms with Crippen LogP contribution in [0, 0.1) is 6.92 Å². The number of hydrogen-bond donors (Lipinski definition) is 1. The smallest absolute Gasteiger partial charge is 0.236 e. The minimum absolute atomic E-state index is 0. The summed E-state index contributed by atoms with van der Waals surface area (Å²) in [5.41, 5.74) is 2.06. The van der Waals surface area contributed by atoms with Gasteiger partial charge in [-0.05, 0) is 36.8 Å². The minimum atomic E-state index is 0. The van der Waals surface area contributed by atoms with Crippen molar-refractivity contribution in [3.8, 4) is 27.9 Å². The first-order valence-electron chi connectivity index (χ1n) is 8.81. The van der Waals surface area contributed by atoms with Gasteiger partial charge in [-0.25, -0.2) is 9.97 Å². The number of fused-ring (bicyclic) bond motifs is 1. The van der Waals surface area contributed by atoms with Gasteiger partial charge >= 0.3 is 0 Å². The zero-order valence-electron chi connectivity index (χ0n) is 15.5. The Morgan fingerprint density at radius 2 is 2.07 bits per heavy atom. The van der Waals surface area contributed by atoms with E-state index < -0.39 is 0 Å². The monoisotopic (exact) mass is 427 g/mol. The lowest BCUT2D eigenvalue weighted by Gasteiger charge is -2.12. The fourth-order valence-corrected chi connectivity index (χ4v) is 3.88. The average Bonchev–Trinajstić information content (AvgIpc) is 3.47. The van der Waals surface area contributed by atoms with Gasteiger partial charge in [0.25, 0.3) is 0 Å². The van der Waals surface area contributed by atoms with Gasteiger partial charge in [-0.2, -0.15) is 4.98 Å². The Labute approximate surface area is 177 Å². The van der Waals surface area contributed by atoms with Crippen molar-refractivity contribution in [2.75, 3.05) is 12.1 Å². The maximum absolute atomic E-state index is 5.47. The average molecular weight is 428 g/mol. The molecule has 1 aliphatic heterocycles. The number of thiophene rings is 1. The van der Waals surface area contributed by atoms with Crippen LogP contribution in [0.3, 0.4) is 0 Å². The second-order valence-corrected chi connectivity index (χ2v) is 7.64. The van der Waals surface area contributed by atoms with Crippen LogP contribution >= 0.6 is 23.7 Å². The number of rotatable bonds is 5. The van der Waals surface area contributed by atoms with E-state index >= 15 is 0 Å². The van der Waals surface area contributed by atoms with Crippen LogP contribution in [0.4, 0.5) is 5.82 Å². The lowest BCUT2D eigenvalue weighted by molar-refractivity contribution is 0.174. The van der Waals surface area contributed by atoms with Crippen molar-refractivity contribution in [3.05, 3.63) is 65.7 Å². The lowest BCUT2D eigenvalue weighted by atomic mass is 10.2. The number of halogens is 1. The van der Waals surface area contributed by atoms with Crippen LogP contribution in [0.5, 0.6) is 11.5 Å². The number of nitrogens with one attached hydrogen (secondary N) is 1. The molecule has 0 amide bonds. The number of anilines is 1. The van der Waals surface area contributed by atoms with Crippen molar-refractivity contribution in [1.29, 1.82) is 0 Å². The molecule has 29 heavy (non-hydrogen) atoms. The molecule has 0 aliphatic carbocycles. The van der Waals surface area contributed by atoms with Crippen molar-refractivity contribution < 1.29 is 9.47 Å². The highest BCUT2D eigenvalue weighted by Gasteiger charge is 2.15. The molecule has 0 saturated heterocycles. The summed E-state index contributed by atoms with van der Waals surface area (Å²) >= 11 is 1.72. The van der Waals surface area contributed by atoms with E-state index in [0.29, 0.717) is 12.5 Å². The molecule has 0 bridgehead atoms. The predicted molar refractivity (Wildman–Crippen MR) is 114 cm³/mol. The number of ether oxygens (including phenoxy) is 2. The normalized spacial score (nSPS) is 11.9. The standard InChI is InChI=1S/C20H17N5O2S.ClH/c1-13-2-5-18(28-13)15-10-23-20(25-7-6-21-11-25)24-19(15)22-9-14-3-4-16-17(8-14)27-12-26-16;/h2-8,10-11H,9,12H2,1H3,(H,22,23,24);1H. The molecule has 0 unspecified atom stereocenters. The van der Waals surface area contributed by atoms with Crippen molar-refractivity contribution in [2.24, 2.45) is 0 Å². The van der Waals surface area contributed by atoms with Crippen molar-refractivity contribution in [1.82, 2.24) is 19.5 Å². The molecule has 5 rings (SSSR count). The van der Waals surface area contributed by atoms with E-state index in [0.717, 1.165) is 33.3 Å². The number of nitrogens with zero attached hydrogens (tertiary/aromatic N) is 4. The van der Waals surface area contributed by atoms with Crippen LogP contribution in [0.1, 0.15) is 10.4 Å². The van der Waals surface area contributed by atoms with Crippen molar-refractivity contribution in [3.63, 3.8) is 0 Å². The molecule has 0 radical (unpaired) electrons. The van der Waals surface area contributed by atoms with Crippen molar-refractivity contribution >= 4 is 29.6 Å². The lowest BCUT2D eigenvalue weighted by Crippen LogP contribution is -2.07. The minimum Gasteiger partial charge on any atom is -0.454 e. The molecular formula is C20H18ClN5O2S. The zero-order chi connectivity index (χ0) is 18.9. The van der Waals surface area contributed by atoms with Gasteiger partial charge in [0.05, 0.1) is 5.56 Å². The zero-order valence-corrected chi connectivity index (χ0v) is 17.2. The van der Waals surface area contributed by atoms with Crippen LogP contribution in [-0.2, 0) is 6.54 Å². The van der Waals surface area contributed by atoms with E-state index in [9.17, 15) is 0 Å². The summed E-state index contributed by atoms with van der Waals surface area (Å²) in [5, 5.41) is 3.46. The molecule has 0 fully saturated rings. The first kappa shape index (κ1) is 19.2. The highest BCUT2D eigenvalue weighted by atomic mass is 35.5. The number of imidazole rings is 1. The summed E-state index contributed by atoms with van der Waals surface area (Å²) in [4.78, 5) is 15.7. The molecular weight excluding hydrogens is 410 g/mol. The van der Waals surface area contributed by atoms with Crippen LogP contribution < -0.4 is 14.8 Å². The van der Waals surface area contributed by atoms with Crippen LogP contribution in [-0.4, -0.2) is 26.3 Å². The Morgan fingerprint density at radius 3 is 2.86 bits per heavy atom. The topological polar surface area (TPSA) is 74.1 Å². The van der Waals surface area contributed by atoms with E-state index in [1.54, 1.807) is 28.4 Å². The van der Waals surface area contributed by atoms with Gasteiger partial charge < -0.3 is 14.8 Å². The number of aryl methyl sites for hydroxylation is 1. The van der Waals surface area contributed by atoms with Gasteiger partial charge in [-0.1, -0.05) is 6.07 Å². The first-order valence-corrected chi connectivity index (χ1v) is 9.62. The summed E-state index contributed by atoms with van der Waals surface area (Å²) in [6.45, 7) is 2.97. The van der Waals surface area contributed by atoms with E-state index in [4.69, 9.17) is 14.5 Å². The van der Waals surface area contributed by atoms with Crippen LogP contribution in [0.15, 0.2) is 55.2 Å². The van der Waals surface area contributed by atoms with E-state index in [-0.39, 0.29) is 19.2 Å². The summed E-state index contributed by atoms with van der Waals surface area (Å²) < 4.78 is 12.6. The maximum Gasteiger partial charge on any atom is 0.236 e. The third-order valence-electron chi connectivity index (χ3n) is 4.41. The molecule has 4 aromatic rings. The Balaban J connectivity index is 0.00000205. The second kappa shape index (κ2) is 8.10. The van der Waals surface area contributed by atoms with Gasteiger partial charge in [-0.3, -0.25) is 4.57 Å². The third kappa shape index (κ3) is 3.90. The summed E-state index contributed by atoms with van der Waals surface area (Å²) in [5.74, 6) is 2.90. The fourth-order valence-electron chi connectivity index (χ4n) is 3.01. The molecule has 1 aliphatic rings. The van der Waals surface area contributed by atoms with E-state index in [1.165, 1.54) is 4.88 Å². The first-order chi connectivity index (χ1) is 13.8. The summed E-state index contributed by atoms with van der Waals surface area (Å²) in [6, 6.07) is 10.1. The molecule has 0 spiro atoms. The van der Waals surface area contributed by atoms with Gasteiger partial charge in [0.1, 0.15) is 12.1 Å². The molecule has 4 heterocycles. The molecule has 1 N–H and O–H groups in total. The molecule has 148 valence electrons. The maximum atomic E-state index is 5.47. The SMILES string of the molecule is Cc1ccc(-c2cnc(-n3ccnc3)nc2NCc2ccc3c(c2)OCO3)s1.Cl. The third-order valence-corrected chi connectivity index (χ3v) is 5.45. The molecule has 0 saturated carbocycles. The Kier molecular flexibility index (Phi) is 5.37. The van der Waals surface area contributed by atoms with Crippen LogP contribution in [0.25, 0.3) is 16.4 Å². The predicted octanol–water partition coefficient (Wildman–Crippen LogP) is 4.46. The number of aromatic nitrogens is 4. The molecule has 9 heteroatoms. The molecule has 1 aromatic carbocycles. The molecule has 7 nitrogen and oxygen atoms in total. The van der Waals surface area contributed by atoms with E-state index in [2.05, 4.69) is 34.3 Å². The Hall–Kier alpha value is -3.10. The molecule has 0 atom stereocenters. The summed E-state index contributed by atoms with van der Waals surface area (Å²) in [6.07, 6.45) is 7.08.